The molecule has 4 N–H and O–H groups in total. The van der Waals surface area contributed by atoms with Crippen molar-refractivity contribution in [1.29, 1.82) is 0 Å². The Labute approximate surface area is 180 Å². The lowest BCUT2D eigenvalue weighted by atomic mass is 9.88. The first-order valence-corrected chi connectivity index (χ1v) is 9.82. The molecule has 8 nitrogen and oxygen atoms in total. The van der Waals surface area contributed by atoms with Crippen LogP contribution in [-0.2, 0) is 4.74 Å². The molecule has 1 aliphatic carbocycles. The van der Waals surface area contributed by atoms with Crippen LogP contribution in [0.1, 0.15) is 11.6 Å². The van der Waals surface area contributed by atoms with E-state index in [0.717, 1.165) is 0 Å². The number of aromatic nitrogens is 1. The smallest absolute Gasteiger partial charge is 0.213 e. The van der Waals surface area contributed by atoms with E-state index >= 15 is 0 Å². The summed E-state index contributed by atoms with van der Waals surface area (Å²) in [5.41, 5.74) is 0.496. The van der Waals surface area contributed by atoms with Crippen LogP contribution >= 0.6 is 23.2 Å². The molecule has 0 radical (unpaired) electrons. The molecular formula is C20H19Cl2NO7. The van der Waals surface area contributed by atoms with E-state index in [1.807, 2.05) is 0 Å². The van der Waals surface area contributed by atoms with Crippen molar-refractivity contribution in [3.8, 4) is 5.75 Å². The number of aryl methyl sites for hydroxylation is 1. The summed E-state index contributed by atoms with van der Waals surface area (Å²) in [7, 11) is 1.36. The average molecular weight is 457 g/mol. The van der Waals surface area contributed by atoms with E-state index in [-0.39, 0.29) is 32.2 Å². The Hall–Kier alpha value is -2.07. The molecule has 4 atom stereocenters. The summed E-state index contributed by atoms with van der Waals surface area (Å²) in [6.45, 7) is 1.26. The first kappa shape index (κ1) is 21.2. The summed E-state index contributed by atoms with van der Waals surface area (Å²) >= 11 is 12.4. The molecule has 2 heterocycles. The summed E-state index contributed by atoms with van der Waals surface area (Å²) in [4.78, 5) is 13.1. The van der Waals surface area contributed by atoms with Crippen molar-refractivity contribution in [3.63, 3.8) is 0 Å². The number of methoxy groups -OCH3 is 1. The third-order valence-corrected chi connectivity index (χ3v) is 6.08. The van der Waals surface area contributed by atoms with E-state index in [1.54, 1.807) is 6.92 Å². The van der Waals surface area contributed by atoms with Crippen LogP contribution < -0.4 is 5.43 Å². The Morgan fingerprint density at radius 1 is 1.23 bits per heavy atom. The number of halogens is 2. The number of aliphatic hydroxyl groups excluding tert-OH is 3. The minimum atomic E-state index is -1.36. The number of phenolic OH excluding ortho intramolecular Hbond substituents is 1. The second-order valence-electron chi connectivity index (χ2n) is 7.24. The van der Waals surface area contributed by atoms with E-state index in [4.69, 9.17) is 32.4 Å². The zero-order valence-corrected chi connectivity index (χ0v) is 17.5. The second-order valence-corrected chi connectivity index (χ2v) is 8.04. The molecule has 0 saturated heterocycles. The highest BCUT2D eigenvalue weighted by atomic mass is 35.5. The monoisotopic (exact) mass is 456 g/mol. The zero-order chi connectivity index (χ0) is 21.9. The van der Waals surface area contributed by atoms with Gasteiger partial charge in [-0.25, -0.2) is 0 Å². The van der Waals surface area contributed by atoms with E-state index in [1.165, 1.54) is 29.9 Å². The minimum absolute atomic E-state index is 0.0177. The quantitative estimate of drug-likeness (QED) is 0.445. The lowest BCUT2D eigenvalue weighted by molar-refractivity contribution is -0.0827. The van der Waals surface area contributed by atoms with E-state index in [2.05, 4.69) is 0 Å². The van der Waals surface area contributed by atoms with Crippen molar-refractivity contribution in [2.75, 3.05) is 13.7 Å². The maximum Gasteiger partial charge on any atom is 0.213 e. The summed E-state index contributed by atoms with van der Waals surface area (Å²) in [6, 6.07) is 1.88. The molecule has 0 fully saturated rings. The molecule has 3 aromatic rings. The number of aliphatic hydroxyl groups is 3. The van der Waals surface area contributed by atoms with Crippen molar-refractivity contribution in [1.82, 2.24) is 4.57 Å². The molecule has 10 heteroatoms. The lowest BCUT2D eigenvalue weighted by Gasteiger charge is -2.36. The van der Waals surface area contributed by atoms with Gasteiger partial charge in [-0.15, -0.1) is 0 Å². The SMILES string of the molecule is COC1C(CO)=CC(n2c(Cl)cc3c(=O)c4c(O)c(Cl)[13cH]c(C)c4oc32)C(O)C1O. The predicted octanol–water partition coefficient (Wildman–Crippen LogP) is 2.28. The van der Waals surface area contributed by atoms with Gasteiger partial charge in [0.2, 0.25) is 11.1 Å². The van der Waals surface area contributed by atoms with Gasteiger partial charge in [0.1, 0.15) is 40.2 Å². The van der Waals surface area contributed by atoms with E-state index in [9.17, 15) is 25.2 Å². The van der Waals surface area contributed by atoms with Crippen LogP contribution in [0, 0.1) is 6.92 Å². The predicted molar refractivity (Wildman–Crippen MR) is 111 cm³/mol. The molecule has 0 spiro atoms. The Morgan fingerprint density at radius 2 is 1.93 bits per heavy atom. The summed E-state index contributed by atoms with van der Waals surface area (Å²) in [5, 5.41) is 41.2. The Balaban J connectivity index is 2.05. The number of fused-ring (bicyclic) bond motifs is 2. The molecule has 1 aliphatic rings. The van der Waals surface area contributed by atoms with Crippen LogP contribution in [0.2, 0.25) is 10.2 Å². The van der Waals surface area contributed by atoms with Crippen molar-refractivity contribution < 1.29 is 29.6 Å². The molecule has 0 amide bonds. The number of benzene rings is 1. The topological polar surface area (TPSA) is 125 Å². The molecular weight excluding hydrogens is 438 g/mol. The maximum absolute atomic E-state index is 13.1. The van der Waals surface area contributed by atoms with Crippen LogP contribution in [0.25, 0.3) is 22.1 Å². The maximum atomic E-state index is 13.1. The highest BCUT2D eigenvalue weighted by molar-refractivity contribution is 6.33. The van der Waals surface area contributed by atoms with Gasteiger partial charge in [0.15, 0.2) is 0 Å². The average Bonchev–Trinajstić information content (AvgIpc) is 3.04. The van der Waals surface area contributed by atoms with Gasteiger partial charge in [-0.3, -0.25) is 9.36 Å². The number of phenols is 1. The summed E-state index contributed by atoms with van der Waals surface area (Å²) < 4.78 is 12.5. The first-order valence-electron chi connectivity index (χ1n) is 9.06. The second kappa shape index (κ2) is 7.56. The van der Waals surface area contributed by atoms with Crippen molar-refractivity contribution in [2.24, 2.45) is 0 Å². The molecule has 2 aromatic heterocycles. The van der Waals surface area contributed by atoms with Gasteiger partial charge < -0.3 is 29.6 Å². The Kier molecular flexibility index (Phi) is 5.34. The Bertz CT molecular complexity index is 1250. The number of nitrogens with zero attached hydrogens (tertiary/aromatic N) is 1. The highest BCUT2D eigenvalue weighted by Crippen LogP contribution is 2.39. The fourth-order valence-corrected chi connectivity index (χ4v) is 4.57. The zero-order valence-electron chi connectivity index (χ0n) is 16.0. The van der Waals surface area contributed by atoms with Crippen LogP contribution in [0.15, 0.2) is 33.0 Å². The van der Waals surface area contributed by atoms with Crippen LogP contribution in [0.3, 0.4) is 0 Å². The van der Waals surface area contributed by atoms with Gasteiger partial charge in [0.25, 0.3) is 0 Å². The molecule has 0 saturated carbocycles. The molecule has 0 aliphatic heterocycles. The van der Waals surface area contributed by atoms with Gasteiger partial charge in [-0.1, -0.05) is 29.3 Å². The molecule has 4 unspecified atom stereocenters. The standard InChI is InChI=1S/C20H19Cl2NO7/c1-7-3-10(21)15(26)13-14(25)9-5-12(22)23(20(9)30-18(7)13)11-4-8(6-24)19(29-2)17(28)16(11)27/h3-5,11,16-17,19,24,26-28H,6H2,1-2H3/i3+1. The number of aromatic hydroxyl groups is 1. The Morgan fingerprint density at radius 3 is 2.57 bits per heavy atom. The molecule has 0 bridgehead atoms. The highest BCUT2D eigenvalue weighted by Gasteiger charge is 2.40. The molecule has 4 rings (SSSR count). The van der Waals surface area contributed by atoms with Gasteiger partial charge in [0.05, 0.1) is 23.1 Å². The van der Waals surface area contributed by atoms with Crippen molar-refractivity contribution in [2.45, 2.75) is 31.3 Å². The number of ether oxygens (including phenoxy) is 1. The number of rotatable bonds is 3. The van der Waals surface area contributed by atoms with E-state index < -0.39 is 42.1 Å². The normalized spacial score (nSPS) is 24.6. The largest absolute Gasteiger partial charge is 0.505 e. The lowest BCUT2D eigenvalue weighted by Crippen LogP contribution is -2.48. The number of hydrogen-bond acceptors (Lipinski definition) is 7. The van der Waals surface area contributed by atoms with Gasteiger partial charge in [-0.2, -0.15) is 0 Å². The van der Waals surface area contributed by atoms with Crippen LogP contribution in [-0.4, -0.2) is 57.0 Å². The van der Waals surface area contributed by atoms with Crippen LogP contribution in [0.4, 0.5) is 0 Å². The third kappa shape index (κ3) is 2.95. The van der Waals surface area contributed by atoms with Crippen molar-refractivity contribution >= 4 is 45.3 Å². The van der Waals surface area contributed by atoms with Gasteiger partial charge in [-0.05, 0) is 30.2 Å². The van der Waals surface area contributed by atoms with Crippen molar-refractivity contribution in [3.05, 3.63) is 49.7 Å². The first-order chi connectivity index (χ1) is 14.2. The fourth-order valence-electron chi connectivity index (χ4n) is 4.02. The third-order valence-electron chi connectivity index (χ3n) is 5.50. The van der Waals surface area contributed by atoms with Gasteiger partial charge >= 0.3 is 0 Å². The van der Waals surface area contributed by atoms with Gasteiger partial charge in [0, 0.05) is 7.11 Å². The minimum Gasteiger partial charge on any atom is -0.505 e. The molecule has 1 aromatic carbocycles. The molecule has 160 valence electrons. The van der Waals surface area contributed by atoms with Crippen LogP contribution in [0.5, 0.6) is 5.75 Å². The van der Waals surface area contributed by atoms with E-state index in [0.29, 0.717) is 11.1 Å². The fraction of sp³-hybridized carbons (Fsp3) is 0.350. The number of hydrogen-bond donors (Lipinski definition) is 4. The molecule has 30 heavy (non-hydrogen) atoms. The summed E-state index contributed by atoms with van der Waals surface area (Å²) in [5.74, 6) is -0.393. The summed E-state index contributed by atoms with van der Waals surface area (Å²) in [6.07, 6.45) is -2.08.